The van der Waals surface area contributed by atoms with E-state index < -0.39 is 17.7 Å². The number of aromatic nitrogens is 2. The Bertz CT molecular complexity index is 1480. The molecule has 3 aromatic carbocycles. The molecule has 0 aliphatic carbocycles. The van der Waals surface area contributed by atoms with Crippen molar-refractivity contribution in [1.82, 2.24) is 14.7 Å². The fourth-order valence-corrected chi connectivity index (χ4v) is 5.19. The Labute approximate surface area is 231 Å². The van der Waals surface area contributed by atoms with Crippen LogP contribution in [0.5, 0.6) is 0 Å². The molecule has 1 atom stereocenters. The van der Waals surface area contributed by atoms with Crippen LogP contribution in [0.3, 0.4) is 0 Å². The predicted molar refractivity (Wildman–Crippen MR) is 149 cm³/mol. The van der Waals surface area contributed by atoms with Gasteiger partial charge in [-0.3, -0.25) is 4.90 Å². The van der Waals surface area contributed by atoms with Crippen LogP contribution in [0.15, 0.2) is 91.1 Å². The maximum atomic E-state index is 13.4. The van der Waals surface area contributed by atoms with Crippen LogP contribution < -0.4 is 0 Å². The zero-order chi connectivity index (χ0) is 28.1. The summed E-state index contributed by atoms with van der Waals surface area (Å²) in [5.74, 6) is -0.391. The molecule has 1 aliphatic heterocycles. The molecule has 1 aromatic heterocycles. The first kappa shape index (κ1) is 27.4. The van der Waals surface area contributed by atoms with Crippen molar-refractivity contribution in [3.05, 3.63) is 113 Å². The summed E-state index contributed by atoms with van der Waals surface area (Å²) in [5, 5.41) is 4.73. The Morgan fingerprint density at radius 1 is 1.05 bits per heavy atom. The highest BCUT2D eigenvalue weighted by Crippen LogP contribution is 2.34. The number of carbonyl (C=O) groups is 1. The maximum absolute atomic E-state index is 13.4. The van der Waals surface area contributed by atoms with Crippen LogP contribution in [0.25, 0.3) is 23.0 Å². The number of halogens is 3. The third-order valence-corrected chi connectivity index (χ3v) is 7.24. The first-order valence-electron chi connectivity index (χ1n) is 13.2. The van der Waals surface area contributed by atoms with E-state index in [0.29, 0.717) is 12.1 Å². The minimum Gasteiger partial charge on any atom is -0.466 e. The van der Waals surface area contributed by atoms with Gasteiger partial charge in [-0.1, -0.05) is 60.7 Å². The zero-order valence-electron chi connectivity index (χ0n) is 22.1. The highest BCUT2D eigenvalue weighted by molar-refractivity contribution is 5.86. The Hall–Kier alpha value is -4.17. The highest BCUT2D eigenvalue weighted by Gasteiger charge is 2.31. The molecule has 1 fully saturated rings. The lowest BCUT2D eigenvalue weighted by Gasteiger charge is -2.25. The van der Waals surface area contributed by atoms with Gasteiger partial charge in [0.25, 0.3) is 0 Å². The van der Waals surface area contributed by atoms with Crippen LogP contribution in [0.2, 0.25) is 0 Å². The standard InChI is InChI=1S/C32H30F3N3O2/c1-40-30(39)17-14-23-12-15-24(16-13-23)29-11-6-19-37(29)20-18-26-22-38(36-31(26)25-7-3-2-4-8-25)28-10-5-9-27(21-28)32(33,34)35/h2-5,7-10,12-17,21-22,29H,6,11,18-20H2,1H3. The number of esters is 1. The van der Waals surface area contributed by atoms with Crippen molar-refractivity contribution in [2.75, 3.05) is 20.2 Å². The van der Waals surface area contributed by atoms with Crippen molar-refractivity contribution in [1.29, 1.82) is 0 Å². The third kappa shape index (κ3) is 6.34. The van der Waals surface area contributed by atoms with Gasteiger partial charge in [0, 0.05) is 30.4 Å². The van der Waals surface area contributed by atoms with Gasteiger partial charge in [-0.05, 0) is 66.8 Å². The molecule has 2 heterocycles. The molecule has 40 heavy (non-hydrogen) atoms. The molecule has 5 rings (SSSR count). The lowest BCUT2D eigenvalue weighted by molar-refractivity contribution is -0.137. The second-order valence-corrected chi connectivity index (χ2v) is 9.83. The van der Waals surface area contributed by atoms with E-state index in [9.17, 15) is 18.0 Å². The Balaban J connectivity index is 1.36. The van der Waals surface area contributed by atoms with Gasteiger partial charge >= 0.3 is 12.1 Å². The van der Waals surface area contributed by atoms with E-state index in [4.69, 9.17) is 5.10 Å². The molecular formula is C32H30F3N3O2. The van der Waals surface area contributed by atoms with Gasteiger partial charge in [0.1, 0.15) is 0 Å². The molecule has 0 N–H and O–H groups in total. The number of hydrogen-bond donors (Lipinski definition) is 0. The van der Waals surface area contributed by atoms with E-state index >= 15 is 0 Å². The SMILES string of the molecule is COC(=O)C=Cc1ccc(C2CCCN2CCc2cn(-c3cccc(C(F)(F)F)c3)nc2-c2ccccc2)cc1. The van der Waals surface area contributed by atoms with Crippen LogP contribution in [-0.4, -0.2) is 40.8 Å². The predicted octanol–water partition coefficient (Wildman–Crippen LogP) is 7.12. The summed E-state index contributed by atoms with van der Waals surface area (Å²) in [6, 6.07) is 23.5. The van der Waals surface area contributed by atoms with Gasteiger partial charge in [0.15, 0.2) is 0 Å². The molecule has 4 aromatic rings. The average molecular weight is 546 g/mol. The number of rotatable bonds is 8. The first-order valence-corrected chi connectivity index (χ1v) is 13.2. The second-order valence-electron chi connectivity index (χ2n) is 9.83. The van der Waals surface area contributed by atoms with Gasteiger partial charge in [-0.2, -0.15) is 18.3 Å². The van der Waals surface area contributed by atoms with Crippen molar-refractivity contribution in [3.63, 3.8) is 0 Å². The number of alkyl halides is 3. The Morgan fingerprint density at radius 2 is 1.82 bits per heavy atom. The molecule has 1 saturated heterocycles. The van der Waals surface area contributed by atoms with Crippen LogP contribution >= 0.6 is 0 Å². The molecule has 206 valence electrons. The molecular weight excluding hydrogens is 515 g/mol. The van der Waals surface area contributed by atoms with Crippen molar-refractivity contribution in [2.45, 2.75) is 31.5 Å². The molecule has 1 aliphatic rings. The number of ether oxygens (including phenoxy) is 1. The first-order chi connectivity index (χ1) is 19.3. The summed E-state index contributed by atoms with van der Waals surface area (Å²) in [5.41, 5.74) is 4.50. The lowest BCUT2D eigenvalue weighted by atomic mass is 10.0. The van der Waals surface area contributed by atoms with E-state index in [1.165, 1.54) is 24.8 Å². The molecule has 0 saturated carbocycles. The number of carbonyl (C=O) groups excluding carboxylic acids is 1. The van der Waals surface area contributed by atoms with Gasteiger partial charge < -0.3 is 4.74 Å². The summed E-state index contributed by atoms with van der Waals surface area (Å²) >= 11 is 0. The van der Waals surface area contributed by atoms with Crippen molar-refractivity contribution in [2.24, 2.45) is 0 Å². The summed E-state index contributed by atoms with van der Waals surface area (Å²) in [4.78, 5) is 13.8. The normalized spacial score (nSPS) is 16.1. The minimum atomic E-state index is -4.42. The number of methoxy groups -OCH3 is 1. The van der Waals surface area contributed by atoms with E-state index in [0.717, 1.165) is 60.4 Å². The highest BCUT2D eigenvalue weighted by atomic mass is 19.4. The van der Waals surface area contributed by atoms with E-state index in [1.54, 1.807) is 16.8 Å². The van der Waals surface area contributed by atoms with Gasteiger partial charge in [-0.25, -0.2) is 9.48 Å². The molecule has 0 amide bonds. The van der Waals surface area contributed by atoms with Crippen LogP contribution in [0, 0.1) is 0 Å². The van der Waals surface area contributed by atoms with Gasteiger partial charge in [-0.15, -0.1) is 0 Å². The molecule has 0 spiro atoms. The molecule has 0 bridgehead atoms. The zero-order valence-corrected chi connectivity index (χ0v) is 22.1. The summed E-state index contributed by atoms with van der Waals surface area (Å²) in [6.07, 6.45) is 3.41. The van der Waals surface area contributed by atoms with Crippen molar-refractivity contribution < 1.29 is 22.7 Å². The third-order valence-electron chi connectivity index (χ3n) is 7.24. The van der Waals surface area contributed by atoms with E-state index in [2.05, 4.69) is 21.8 Å². The van der Waals surface area contributed by atoms with Gasteiger partial charge in [0.2, 0.25) is 0 Å². The molecule has 0 radical (unpaired) electrons. The number of likely N-dealkylation sites (tertiary alicyclic amines) is 1. The van der Waals surface area contributed by atoms with Gasteiger partial charge in [0.05, 0.1) is 24.1 Å². The average Bonchev–Trinajstić information content (AvgIpc) is 3.62. The van der Waals surface area contributed by atoms with Crippen molar-refractivity contribution in [3.8, 4) is 16.9 Å². The van der Waals surface area contributed by atoms with E-state index in [-0.39, 0.29) is 6.04 Å². The quantitative estimate of drug-likeness (QED) is 0.175. The maximum Gasteiger partial charge on any atom is 0.416 e. The topological polar surface area (TPSA) is 47.4 Å². The number of benzene rings is 3. The lowest BCUT2D eigenvalue weighted by Crippen LogP contribution is -2.25. The Morgan fingerprint density at radius 3 is 2.55 bits per heavy atom. The summed E-state index contributed by atoms with van der Waals surface area (Å²) < 4.78 is 46.3. The molecule has 5 nitrogen and oxygen atoms in total. The molecule has 8 heteroatoms. The van der Waals surface area contributed by atoms with E-state index in [1.807, 2.05) is 48.7 Å². The fourth-order valence-electron chi connectivity index (χ4n) is 5.19. The smallest absolute Gasteiger partial charge is 0.416 e. The second kappa shape index (κ2) is 11.9. The number of hydrogen-bond acceptors (Lipinski definition) is 4. The largest absolute Gasteiger partial charge is 0.466 e. The van der Waals surface area contributed by atoms with Crippen LogP contribution in [-0.2, 0) is 22.1 Å². The monoisotopic (exact) mass is 545 g/mol. The van der Waals surface area contributed by atoms with Crippen molar-refractivity contribution >= 4 is 12.0 Å². The minimum absolute atomic E-state index is 0.275. The molecule has 1 unspecified atom stereocenters. The Kier molecular flexibility index (Phi) is 8.16. The fraction of sp³-hybridized carbons (Fsp3) is 0.250. The summed E-state index contributed by atoms with van der Waals surface area (Å²) in [7, 11) is 1.35. The van der Waals surface area contributed by atoms with Crippen LogP contribution in [0.4, 0.5) is 13.2 Å². The summed E-state index contributed by atoms with van der Waals surface area (Å²) in [6.45, 7) is 1.76. The van der Waals surface area contributed by atoms with Crippen LogP contribution in [0.1, 0.15) is 41.1 Å². The number of nitrogens with zero attached hydrogens (tertiary/aromatic N) is 3.